The summed E-state index contributed by atoms with van der Waals surface area (Å²) in [5.74, 6) is -0.948. The minimum atomic E-state index is -1.12. The first-order valence-corrected chi connectivity index (χ1v) is 6.32. The number of carbonyl (C=O) groups is 3. The predicted octanol–water partition coefficient (Wildman–Crippen LogP) is -0.133. The van der Waals surface area contributed by atoms with E-state index in [1.165, 1.54) is 6.42 Å². The summed E-state index contributed by atoms with van der Waals surface area (Å²) in [5, 5.41) is 11.5. The zero-order valence-electron chi connectivity index (χ0n) is 10.1. The largest absolute Gasteiger partial charge is 0.480 e. The Balaban J connectivity index is 1.83. The third-order valence-corrected chi connectivity index (χ3v) is 4.00. The van der Waals surface area contributed by atoms with E-state index in [1.54, 1.807) is 0 Å². The first-order valence-electron chi connectivity index (χ1n) is 6.32. The molecule has 2 aliphatic rings. The van der Waals surface area contributed by atoms with Gasteiger partial charge < -0.3 is 16.2 Å². The van der Waals surface area contributed by atoms with Gasteiger partial charge in [0.1, 0.15) is 6.04 Å². The fourth-order valence-corrected chi connectivity index (χ4v) is 3.02. The lowest BCUT2D eigenvalue weighted by Gasteiger charge is -2.14. The Bertz CT molecular complexity index is 372. The fourth-order valence-electron chi connectivity index (χ4n) is 3.02. The predicted molar refractivity (Wildman–Crippen MR) is 62.3 cm³/mol. The molecule has 2 saturated carbocycles. The quantitative estimate of drug-likeness (QED) is 0.613. The molecule has 2 fully saturated rings. The first-order chi connectivity index (χ1) is 8.50. The summed E-state index contributed by atoms with van der Waals surface area (Å²) < 4.78 is 0. The maximum absolute atomic E-state index is 11.9. The molecule has 6 heteroatoms. The van der Waals surface area contributed by atoms with Crippen molar-refractivity contribution in [2.75, 3.05) is 0 Å². The molecule has 0 saturated heterocycles. The molecule has 0 bridgehead atoms. The molecule has 18 heavy (non-hydrogen) atoms. The molecule has 3 atom stereocenters. The second-order valence-corrected chi connectivity index (χ2v) is 5.19. The van der Waals surface area contributed by atoms with Gasteiger partial charge in [-0.1, -0.05) is 6.42 Å². The number of carbonyl (C=O) groups excluding carboxylic acids is 2. The number of nitrogens with one attached hydrogen (secondary N) is 1. The van der Waals surface area contributed by atoms with Crippen molar-refractivity contribution in [2.45, 2.75) is 38.1 Å². The van der Waals surface area contributed by atoms with Crippen LogP contribution in [-0.2, 0) is 14.4 Å². The van der Waals surface area contributed by atoms with Gasteiger partial charge in [0.15, 0.2) is 0 Å². The van der Waals surface area contributed by atoms with Crippen molar-refractivity contribution in [1.82, 2.24) is 5.32 Å². The van der Waals surface area contributed by atoms with E-state index in [9.17, 15) is 14.4 Å². The van der Waals surface area contributed by atoms with Crippen molar-refractivity contribution in [3.05, 3.63) is 0 Å². The molecule has 3 unspecified atom stereocenters. The molecule has 2 amide bonds. The highest BCUT2D eigenvalue weighted by Gasteiger charge is 2.56. The number of aliphatic carboxylic acids is 1. The molecular weight excluding hydrogens is 236 g/mol. The fraction of sp³-hybridized carbons (Fsp3) is 0.750. The summed E-state index contributed by atoms with van der Waals surface area (Å²) in [6.07, 6.45) is 3.33. The van der Waals surface area contributed by atoms with Crippen LogP contribution >= 0.6 is 0 Å². The molecule has 100 valence electrons. The van der Waals surface area contributed by atoms with E-state index in [0.29, 0.717) is 11.8 Å². The maximum Gasteiger partial charge on any atom is 0.326 e. The van der Waals surface area contributed by atoms with Crippen LogP contribution in [0.25, 0.3) is 0 Å². The van der Waals surface area contributed by atoms with Crippen molar-refractivity contribution in [1.29, 1.82) is 0 Å². The number of carboxylic acids is 1. The molecule has 0 aromatic carbocycles. The number of carboxylic acid groups (broad SMARTS) is 1. The van der Waals surface area contributed by atoms with Crippen LogP contribution < -0.4 is 11.1 Å². The minimum Gasteiger partial charge on any atom is -0.480 e. The van der Waals surface area contributed by atoms with E-state index in [0.717, 1.165) is 12.8 Å². The van der Waals surface area contributed by atoms with Crippen LogP contribution in [0.2, 0.25) is 0 Å². The molecule has 0 aromatic rings. The number of amides is 2. The van der Waals surface area contributed by atoms with Gasteiger partial charge in [-0.15, -0.1) is 0 Å². The monoisotopic (exact) mass is 254 g/mol. The van der Waals surface area contributed by atoms with Crippen molar-refractivity contribution in [3.8, 4) is 0 Å². The summed E-state index contributed by atoms with van der Waals surface area (Å²) in [6.45, 7) is 0. The molecule has 2 aliphatic carbocycles. The Morgan fingerprint density at radius 2 is 1.89 bits per heavy atom. The van der Waals surface area contributed by atoms with E-state index in [-0.39, 0.29) is 24.7 Å². The summed E-state index contributed by atoms with van der Waals surface area (Å²) in [5.41, 5.74) is 4.97. The van der Waals surface area contributed by atoms with Crippen molar-refractivity contribution in [3.63, 3.8) is 0 Å². The van der Waals surface area contributed by atoms with Crippen LogP contribution in [0.5, 0.6) is 0 Å². The third-order valence-electron chi connectivity index (χ3n) is 4.00. The summed E-state index contributed by atoms with van der Waals surface area (Å²) in [7, 11) is 0. The van der Waals surface area contributed by atoms with Gasteiger partial charge in [0, 0.05) is 12.3 Å². The standard InChI is InChI=1S/C12H18N2O4/c13-9(15)5-4-8(12(17)18)14-11(16)10-6-2-1-3-7(6)10/h6-8,10H,1-5H2,(H2,13,15)(H,14,16)(H,17,18). The van der Waals surface area contributed by atoms with E-state index in [4.69, 9.17) is 10.8 Å². The SMILES string of the molecule is NC(=O)CCC(NC(=O)C1C2CCCC21)C(=O)O. The van der Waals surface area contributed by atoms with E-state index in [2.05, 4.69) is 5.32 Å². The molecular formula is C12H18N2O4. The zero-order valence-corrected chi connectivity index (χ0v) is 10.1. The lowest BCUT2D eigenvalue weighted by Crippen LogP contribution is -2.42. The smallest absolute Gasteiger partial charge is 0.326 e. The minimum absolute atomic E-state index is 0.00539. The third kappa shape index (κ3) is 2.63. The van der Waals surface area contributed by atoms with Gasteiger partial charge in [-0.25, -0.2) is 4.79 Å². The molecule has 0 radical (unpaired) electrons. The number of primary amides is 1. The van der Waals surface area contributed by atoms with E-state index in [1.807, 2.05) is 0 Å². The number of fused-ring (bicyclic) bond motifs is 1. The zero-order chi connectivity index (χ0) is 13.3. The highest BCUT2D eigenvalue weighted by Crippen LogP contribution is 2.57. The Hall–Kier alpha value is -1.59. The highest BCUT2D eigenvalue weighted by atomic mass is 16.4. The van der Waals surface area contributed by atoms with Crippen molar-refractivity contribution in [2.24, 2.45) is 23.5 Å². The maximum atomic E-state index is 11.9. The van der Waals surface area contributed by atoms with Crippen LogP contribution in [0, 0.1) is 17.8 Å². The number of hydrogen-bond acceptors (Lipinski definition) is 3. The van der Waals surface area contributed by atoms with Gasteiger partial charge in [-0.2, -0.15) is 0 Å². The van der Waals surface area contributed by atoms with Gasteiger partial charge in [-0.05, 0) is 31.1 Å². The van der Waals surface area contributed by atoms with Crippen LogP contribution in [0.4, 0.5) is 0 Å². The van der Waals surface area contributed by atoms with Crippen LogP contribution in [0.15, 0.2) is 0 Å². The number of hydrogen-bond donors (Lipinski definition) is 3. The molecule has 0 aliphatic heterocycles. The summed E-state index contributed by atoms with van der Waals surface area (Å²) >= 11 is 0. The lowest BCUT2D eigenvalue weighted by molar-refractivity contribution is -0.142. The first kappa shape index (κ1) is 12.9. The molecule has 0 spiro atoms. The molecule has 0 heterocycles. The molecule has 2 rings (SSSR count). The second kappa shape index (κ2) is 4.96. The van der Waals surface area contributed by atoms with Gasteiger partial charge in [0.25, 0.3) is 0 Å². The Kier molecular flexibility index (Phi) is 3.54. The normalized spacial score (nSPS) is 30.3. The van der Waals surface area contributed by atoms with Gasteiger partial charge in [0.05, 0.1) is 0 Å². The van der Waals surface area contributed by atoms with Crippen LogP contribution in [0.3, 0.4) is 0 Å². The summed E-state index contributed by atoms with van der Waals surface area (Å²) in [4.78, 5) is 33.5. The second-order valence-electron chi connectivity index (χ2n) is 5.19. The average Bonchev–Trinajstić information content (AvgIpc) is 2.77. The Morgan fingerprint density at radius 1 is 1.28 bits per heavy atom. The summed E-state index contributed by atoms with van der Waals surface area (Å²) in [6, 6.07) is -1.01. The van der Waals surface area contributed by atoms with Crippen molar-refractivity contribution < 1.29 is 19.5 Å². The Labute approximate surface area is 105 Å². The molecule has 4 N–H and O–H groups in total. The topological polar surface area (TPSA) is 109 Å². The molecule has 0 aromatic heterocycles. The lowest BCUT2D eigenvalue weighted by atomic mass is 10.1. The van der Waals surface area contributed by atoms with Gasteiger partial charge in [0.2, 0.25) is 11.8 Å². The highest BCUT2D eigenvalue weighted by molar-refractivity contribution is 5.87. The van der Waals surface area contributed by atoms with Crippen molar-refractivity contribution >= 4 is 17.8 Å². The van der Waals surface area contributed by atoms with Crippen LogP contribution in [0.1, 0.15) is 32.1 Å². The average molecular weight is 254 g/mol. The van der Waals surface area contributed by atoms with Gasteiger partial charge in [-0.3, -0.25) is 9.59 Å². The van der Waals surface area contributed by atoms with Gasteiger partial charge >= 0.3 is 5.97 Å². The number of rotatable bonds is 6. The van der Waals surface area contributed by atoms with Crippen LogP contribution in [-0.4, -0.2) is 28.9 Å². The molecule has 6 nitrogen and oxygen atoms in total. The van der Waals surface area contributed by atoms with E-state index >= 15 is 0 Å². The van der Waals surface area contributed by atoms with E-state index < -0.39 is 17.9 Å². The number of nitrogens with two attached hydrogens (primary N) is 1. The Morgan fingerprint density at radius 3 is 2.39 bits per heavy atom.